The van der Waals surface area contributed by atoms with Crippen LogP contribution in [0.15, 0.2) is 48.6 Å². The van der Waals surface area contributed by atoms with Crippen LogP contribution >= 0.6 is 0 Å². The molecule has 0 aromatic carbocycles. The fourth-order valence-corrected chi connectivity index (χ4v) is 6.04. The molecule has 1 amide bonds. The van der Waals surface area contributed by atoms with E-state index in [1.54, 1.807) is 0 Å². The first-order chi connectivity index (χ1) is 23.3. The quantitative estimate of drug-likeness (QED) is 0.0504. The highest BCUT2D eigenvalue weighted by molar-refractivity contribution is 5.78. The minimum atomic E-state index is -0.000346. The lowest BCUT2D eigenvalue weighted by atomic mass is 10.1. The number of ether oxygens (including phenoxy) is 2. The lowest BCUT2D eigenvalue weighted by molar-refractivity contribution is -0.130. The minimum absolute atomic E-state index is 0.000346. The Hall–Kier alpha value is -1.65. The Morgan fingerprint density at radius 2 is 1.02 bits per heavy atom. The molecule has 1 saturated heterocycles. The third-order valence-electron chi connectivity index (χ3n) is 9.09. The van der Waals surface area contributed by atoms with Crippen LogP contribution in [0.25, 0.3) is 0 Å². The van der Waals surface area contributed by atoms with Gasteiger partial charge in [-0.15, -0.1) is 0 Å². The van der Waals surface area contributed by atoms with Gasteiger partial charge < -0.3 is 14.4 Å². The minimum Gasteiger partial charge on any atom is -0.379 e. The second-order valence-electron chi connectivity index (χ2n) is 13.7. The Labute approximate surface area is 292 Å². The summed E-state index contributed by atoms with van der Waals surface area (Å²) in [6.45, 7) is 8.25. The molecule has 1 aliphatic heterocycles. The van der Waals surface area contributed by atoms with Gasteiger partial charge in [-0.05, 0) is 83.5 Å². The van der Waals surface area contributed by atoms with Crippen LogP contribution in [0.4, 0.5) is 0 Å². The number of carbonyl (C=O) groups excluding carboxylic acids is 1. The predicted molar refractivity (Wildman–Crippen MR) is 205 cm³/mol. The van der Waals surface area contributed by atoms with Crippen molar-refractivity contribution in [2.45, 2.75) is 187 Å². The molecule has 0 aromatic heterocycles. The molecule has 1 atom stereocenters. The molecule has 1 unspecified atom stereocenters. The van der Waals surface area contributed by atoms with Crippen molar-refractivity contribution < 1.29 is 14.3 Å². The van der Waals surface area contributed by atoms with Gasteiger partial charge in [-0.1, -0.05) is 140 Å². The van der Waals surface area contributed by atoms with Crippen molar-refractivity contribution in [3.8, 4) is 0 Å². The van der Waals surface area contributed by atoms with E-state index in [1.807, 2.05) is 4.90 Å². The summed E-state index contributed by atoms with van der Waals surface area (Å²) < 4.78 is 12.3. The third-order valence-corrected chi connectivity index (χ3v) is 9.09. The topological polar surface area (TPSA) is 38.8 Å². The zero-order chi connectivity index (χ0) is 33.7. The summed E-state index contributed by atoms with van der Waals surface area (Å²) in [4.78, 5) is 14.2. The van der Waals surface area contributed by atoms with E-state index >= 15 is 0 Å². The maximum Gasteiger partial charge on any atom is 0.222 e. The Kier molecular flexibility index (Phi) is 32.9. The molecule has 0 aliphatic carbocycles. The van der Waals surface area contributed by atoms with E-state index in [4.69, 9.17) is 9.47 Å². The van der Waals surface area contributed by atoms with E-state index in [9.17, 15) is 4.79 Å². The first-order valence-electron chi connectivity index (χ1n) is 20.3. The molecule has 272 valence electrons. The summed E-state index contributed by atoms with van der Waals surface area (Å²) in [6, 6.07) is 0. The molecule has 0 bridgehead atoms. The van der Waals surface area contributed by atoms with Gasteiger partial charge in [-0.2, -0.15) is 0 Å². The third kappa shape index (κ3) is 30.2. The number of amides is 1. The summed E-state index contributed by atoms with van der Waals surface area (Å²) in [5, 5.41) is 0. The van der Waals surface area contributed by atoms with Crippen molar-refractivity contribution >= 4 is 5.91 Å². The largest absolute Gasteiger partial charge is 0.379 e. The lowest BCUT2D eigenvalue weighted by Gasteiger charge is -2.24. The van der Waals surface area contributed by atoms with Crippen molar-refractivity contribution in [2.24, 2.45) is 0 Å². The average molecular weight is 656 g/mol. The summed E-state index contributed by atoms with van der Waals surface area (Å²) in [5.74, 6) is 0.275. The zero-order valence-corrected chi connectivity index (χ0v) is 31.3. The normalized spacial score (nSPS) is 14.8. The van der Waals surface area contributed by atoms with Gasteiger partial charge in [0.25, 0.3) is 0 Å². The SMILES string of the molecule is CCCCCC=CCC=CCCCCCCCCOCC(CN1CCCC1=O)OCCCCCCCCC=CCC=CCCCCC. The standard InChI is InChI=1S/C43H77NO3/c1-3-5-7-9-11-13-15-17-19-21-23-25-27-29-31-33-38-46-41-42(40-44-37-35-36-43(44)45)47-39-34-32-30-28-26-24-22-20-18-16-14-12-10-8-6-4-2/h11-14,17-20,42H,3-10,15-16,21-41H2,1-2H3. The van der Waals surface area contributed by atoms with Crippen LogP contribution in [0.2, 0.25) is 0 Å². The van der Waals surface area contributed by atoms with Crippen LogP contribution in [0.1, 0.15) is 181 Å². The molecule has 0 spiro atoms. The fraction of sp³-hybridized carbons (Fsp3) is 0.791. The molecule has 0 N–H and O–H groups in total. The fourth-order valence-electron chi connectivity index (χ4n) is 6.04. The maximum atomic E-state index is 12.2. The Morgan fingerprint density at radius 1 is 0.574 bits per heavy atom. The van der Waals surface area contributed by atoms with E-state index in [0.29, 0.717) is 19.6 Å². The summed E-state index contributed by atoms with van der Waals surface area (Å²) >= 11 is 0. The zero-order valence-electron chi connectivity index (χ0n) is 31.3. The van der Waals surface area contributed by atoms with Crippen LogP contribution in [-0.2, 0) is 14.3 Å². The van der Waals surface area contributed by atoms with E-state index in [0.717, 1.165) is 51.9 Å². The van der Waals surface area contributed by atoms with Gasteiger partial charge in [0.2, 0.25) is 5.91 Å². The molecule has 0 aromatic rings. The van der Waals surface area contributed by atoms with Crippen molar-refractivity contribution in [2.75, 3.05) is 32.9 Å². The summed E-state index contributed by atoms with van der Waals surface area (Å²) in [6.07, 6.45) is 50.5. The molecule has 47 heavy (non-hydrogen) atoms. The van der Waals surface area contributed by atoms with Crippen LogP contribution < -0.4 is 0 Å². The number of likely N-dealkylation sites (tertiary alicyclic amines) is 1. The molecule has 1 fully saturated rings. The Morgan fingerprint density at radius 3 is 1.49 bits per heavy atom. The number of nitrogens with zero attached hydrogens (tertiary/aromatic N) is 1. The molecular formula is C43H77NO3. The monoisotopic (exact) mass is 656 g/mol. The molecule has 0 radical (unpaired) electrons. The summed E-state index contributed by atoms with van der Waals surface area (Å²) in [5.41, 5.74) is 0. The smallest absolute Gasteiger partial charge is 0.222 e. The number of rotatable bonds is 35. The highest BCUT2D eigenvalue weighted by Crippen LogP contribution is 2.14. The van der Waals surface area contributed by atoms with E-state index < -0.39 is 0 Å². The van der Waals surface area contributed by atoms with Gasteiger partial charge >= 0.3 is 0 Å². The molecule has 0 saturated carbocycles. The van der Waals surface area contributed by atoms with Crippen molar-refractivity contribution in [3.63, 3.8) is 0 Å². The Balaban J connectivity index is 2.02. The average Bonchev–Trinajstić information content (AvgIpc) is 3.48. The van der Waals surface area contributed by atoms with Crippen LogP contribution in [0.5, 0.6) is 0 Å². The highest BCUT2D eigenvalue weighted by Gasteiger charge is 2.24. The van der Waals surface area contributed by atoms with Crippen molar-refractivity contribution in [1.82, 2.24) is 4.90 Å². The van der Waals surface area contributed by atoms with Gasteiger partial charge in [0.05, 0.1) is 12.7 Å². The van der Waals surface area contributed by atoms with Crippen molar-refractivity contribution in [1.29, 1.82) is 0 Å². The van der Waals surface area contributed by atoms with Crippen LogP contribution in [-0.4, -0.2) is 49.8 Å². The highest BCUT2D eigenvalue weighted by atomic mass is 16.5. The van der Waals surface area contributed by atoms with E-state index in [1.165, 1.54) is 128 Å². The van der Waals surface area contributed by atoms with Gasteiger partial charge in [-0.25, -0.2) is 0 Å². The van der Waals surface area contributed by atoms with Gasteiger partial charge in [0, 0.05) is 32.7 Å². The number of hydrogen-bond donors (Lipinski definition) is 0. The lowest BCUT2D eigenvalue weighted by Crippen LogP contribution is -2.37. The maximum absolute atomic E-state index is 12.2. The van der Waals surface area contributed by atoms with E-state index in [-0.39, 0.29) is 12.0 Å². The van der Waals surface area contributed by atoms with Crippen LogP contribution in [0, 0.1) is 0 Å². The van der Waals surface area contributed by atoms with Crippen LogP contribution in [0.3, 0.4) is 0 Å². The first kappa shape index (κ1) is 43.4. The summed E-state index contributed by atoms with van der Waals surface area (Å²) in [7, 11) is 0. The second-order valence-corrected chi connectivity index (χ2v) is 13.7. The molecule has 4 nitrogen and oxygen atoms in total. The first-order valence-corrected chi connectivity index (χ1v) is 20.3. The molecule has 1 heterocycles. The number of unbranched alkanes of at least 4 members (excludes halogenated alkanes) is 18. The van der Waals surface area contributed by atoms with Gasteiger partial charge in [-0.3, -0.25) is 4.79 Å². The van der Waals surface area contributed by atoms with E-state index in [2.05, 4.69) is 62.5 Å². The molecular weight excluding hydrogens is 578 g/mol. The van der Waals surface area contributed by atoms with Crippen molar-refractivity contribution in [3.05, 3.63) is 48.6 Å². The second kappa shape index (κ2) is 35.7. The predicted octanol–water partition coefficient (Wildman–Crippen LogP) is 12.6. The molecule has 4 heteroatoms. The van der Waals surface area contributed by atoms with Gasteiger partial charge in [0.15, 0.2) is 0 Å². The Bertz CT molecular complexity index is 786. The van der Waals surface area contributed by atoms with Gasteiger partial charge in [0.1, 0.15) is 0 Å². The molecule has 1 rings (SSSR count). The number of carbonyl (C=O) groups is 1. The molecule has 1 aliphatic rings. The number of hydrogen-bond acceptors (Lipinski definition) is 3. The number of allylic oxidation sites excluding steroid dienone is 8.